The van der Waals surface area contributed by atoms with Gasteiger partial charge in [-0.25, -0.2) is 0 Å². The highest BCUT2D eigenvalue weighted by Gasteiger charge is 2.20. The van der Waals surface area contributed by atoms with E-state index in [9.17, 15) is 4.79 Å². The van der Waals surface area contributed by atoms with Crippen LogP contribution in [-0.2, 0) is 16.1 Å². The first-order valence-electron chi connectivity index (χ1n) is 9.04. The minimum atomic E-state index is -0.527. The number of aromatic nitrogens is 3. The molecule has 0 bridgehead atoms. The van der Waals surface area contributed by atoms with Crippen molar-refractivity contribution in [1.82, 2.24) is 14.8 Å². The molecule has 0 aliphatic carbocycles. The van der Waals surface area contributed by atoms with Gasteiger partial charge in [0.25, 0.3) is 0 Å². The van der Waals surface area contributed by atoms with E-state index in [1.807, 2.05) is 80.1 Å². The monoisotopic (exact) mass is 393 g/mol. The van der Waals surface area contributed by atoms with Crippen LogP contribution in [0.15, 0.2) is 54.7 Å². The zero-order valence-corrected chi connectivity index (χ0v) is 16.7. The summed E-state index contributed by atoms with van der Waals surface area (Å²) in [5, 5.41) is 11.6. The topological polar surface area (TPSA) is 57.0 Å². The summed E-state index contributed by atoms with van der Waals surface area (Å²) in [6.07, 6.45) is 1.93. The average Bonchev–Trinajstić information content (AvgIpc) is 2.99. The van der Waals surface area contributed by atoms with Crippen molar-refractivity contribution in [3.63, 3.8) is 0 Å². The molecule has 4 rings (SSSR count). The lowest BCUT2D eigenvalue weighted by atomic mass is 10.0. The summed E-state index contributed by atoms with van der Waals surface area (Å²) in [4.78, 5) is 12.4. The molecule has 0 N–H and O–H groups in total. The van der Waals surface area contributed by atoms with Crippen molar-refractivity contribution in [1.29, 1.82) is 0 Å². The van der Waals surface area contributed by atoms with Crippen molar-refractivity contribution >= 4 is 39.2 Å². The van der Waals surface area contributed by atoms with Crippen LogP contribution in [0.3, 0.4) is 0 Å². The summed E-state index contributed by atoms with van der Waals surface area (Å²) in [7, 11) is 0. The molecule has 0 saturated carbocycles. The van der Waals surface area contributed by atoms with E-state index in [1.54, 1.807) is 0 Å². The largest absolute Gasteiger partial charge is 0.459 e. The van der Waals surface area contributed by atoms with Gasteiger partial charge in [0, 0.05) is 33.4 Å². The number of para-hydroxylation sites is 1. The first-order chi connectivity index (χ1) is 13.3. The Morgan fingerprint density at radius 2 is 1.64 bits per heavy atom. The predicted molar refractivity (Wildman–Crippen MR) is 111 cm³/mol. The molecule has 0 fully saturated rings. The van der Waals surface area contributed by atoms with Gasteiger partial charge in [-0.15, -0.1) is 10.2 Å². The number of carbonyl (C=O) groups is 1. The van der Waals surface area contributed by atoms with Crippen molar-refractivity contribution in [2.45, 2.75) is 32.9 Å². The van der Waals surface area contributed by atoms with Crippen molar-refractivity contribution in [2.24, 2.45) is 0 Å². The summed E-state index contributed by atoms with van der Waals surface area (Å²) in [5.74, 6) is -0.285. The Hall–Kier alpha value is -2.92. The molecule has 2 aromatic heterocycles. The van der Waals surface area contributed by atoms with Crippen LogP contribution in [0.4, 0.5) is 0 Å². The Kier molecular flexibility index (Phi) is 4.55. The molecule has 142 valence electrons. The molecule has 5 nitrogen and oxygen atoms in total. The fourth-order valence-corrected chi connectivity index (χ4v) is 3.55. The molecular weight excluding hydrogens is 374 g/mol. The lowest BCUT2D eigenvalue weighted by Crippen LogP contribution is -2.26. The smallest absolute Gasteiger partial charge is 0.326 e. The predicted octanol–water partition coefficient (Wildman–Crippen LogP) is 5.25. The van der Waals surface area contributed by atoms with Crippen LogP contribution in [0, 0.1) is 0 Å². The number of hydrogen-bond acceptors (Lipinski definition) is 4. The number of carbonyl (C=O) groups excluding carboxylic acids is 1. The van der Waals surface area contributed by atoms with E-state index < -0.39 is 5.60 Å². The Labute approximate surface area is 167 Å². The van der Waals surface area contributed by atoms with E-state index in [2.05, 4.69) is 10.2 Å². The molecule has 6 heteroatoms. The third-order valence-corrected chi connectivity index (χ3v) is 4.68. The van der Waals surface area contributed by atoms with Crippen molar-refractivity contribution in [2.75, 3.05) is 0 Å². The van der Waals surface area contributed by atoms with Crippen LogP contribution in [0.1, 0.15) is 20.8 Å². The maximum Gasteiger partial charge on any atom is 0.326 e. The van der Waals surface area contributed by atoms with Gasteiger partial charge in [-0.05, 0) is 26.8 Å². The zero-order chi connectivity index (χ0) is 19.9. The highest BCUT2D eigenvalue weighted by Crippen LogP contribution is 2.35. The Morgan fingerprint density at radius 1 is 1.00 bits per heavy atom. The SMILES string of the molecule is CC(C)(C)OC(=O)Cn1cc(-c2nnc(Cl)c3ccccc23)c2ccccc21. The van der Waals surface area contributed by atoms with E-state index in [4.69, 9.17) is 16.3 Å². The molecule has 0 saturated heterocycles. The number of hydrogen-bond donors (Lipinski definition) is 0. The van der Waals surface area contributed by atoms with Gasteiger partial charge in [-0.2, -0.15) is 0 Å². The van der Waals surface area contributed by atoms with Crippen LogP contribution in [0.5, 0.6) is 0 Å². The number of nitrogens with zero attached hydrogens (tertiary/aromatic N) is 3. The first kappa shape index (κ1) is 18.4. The van der Waals surface area contributed by atoms with Crippen LogP contribution < -0.4 is 0 Å². The van der Waals surface area contributed by atoms with E-state index in [0.717, 1.165) is 32.9 Å². The second-order valence-electron chi connectivity index (χ2n) is 7.66. The minimum Gasteiger partial charge on any atom is -0.459 e. The maximum atomic E-state index is 12.4. The molecule has 4 aromatic rings. The molecule has 0 aliphatic rings. The van der Waals surface area contributed by atoms with Gasteiger partial charge in [0.15, 0.2) is 5.15 Å². The summed E-state index contributed by atoms with van der Waals surface area (Å²) >= 11 is 6.23. The Balaban J connectivity index is 1.86. The number of halogens is 1. The molecule has 2 heterocycles. The van der Waals surface area contributed by atoms with E-state index in [-0.39, 0.29) is 12.5 Å². The molecule has 0 radical (unpaired) electrons. The maximum absolute atomic E-state index is 12.4. The molecule has 0 unspecified atom stereocenters. The Morgan fingerprint density at radius 3 is 2.36 bits per heavy atom. The van der Waals surface area contributed by atoms with Gasteiger partial charge < -0.3 is 9.30 Å². The lowest BCUT2D eigenvalue weighted by Gasteiger charge is -2.19. The first-order valence-corrected chi connectivity index (χ1v) is 9.42. The average molecular weight is 394 g/mol. The van der Waals surface area contributed by atoms with Crippen LogP contribution in [0.25, 0.3) is 32.9 Å². The normalized spacial score (nSPS) is 11.9. The summed E-state index contributed by atoms with van der Waals surface area (Å²) in [6.45, 7) is 5.70. The fraction of sp³-hybridized carbons (Fsp3) is 0.227. The van der Waals surface area contributed by atoms with Crippen LogP contribution in [-0.4, -0.2) is 26.3 Å². The quantitative estimate of drug-likeness (QED) is 0.446. The van der Waals surface area contributed by atoms with Gasteiger partial charge in [0.2, 0.25) is 0 Å². The zero-order valence-electron chi connectivity index (χ0n) is 15.9. The minimum absolute atomic E-state index is 0.122. The lowest BCUT2D eigenvalue weighted by molar-refractivity contribution is -0.155. The Bertz CT molecular complexity index is 1190. The highest BCUT2D eigenvalue weighted by molar-refractivity contribution is 6.34. The van der Waals surface area contributed by atoms with Crippen molar-refractivity contribution < 1.29 is 9.53 Å². The molecule has 0 atom stereocenters. The van der Waals surface area contributed by atoms with E-state index in [0.29, 0.717) is 5.15 Å². The van der Waals surface area contributed by atoms with E-state index >= 15 is 0 Å². The number of rotatable bonds is 3. The van der Waals surface area contributed by atoms with Gasteiger partial charge in [0.05, 0.1) is 0 Å². The van der Waals surface area contributed by atoms with Crippen molar-refractivity contribution in [3.8, 4) is 11.3 Å². The third-order valence-electron chi connectivity index (χ3n) is 4.41. The van der Waals surface area contributed by atoms with Gasteiger partial charge in [0.1, 0.15) is 17.8 Å². The second-order valence-corrected chi connectivity index (χ2v) is 8.02. The summed E-state index contributed by atoms with van der Waals surface area (Å²) in [5.41, 5.74) is 2.05. The molecule has 0 aliphatic heterocycles. The van der Waals surface area contributed by atoms with Crippen molar-refractivity contribution in [3.05, 3.63) is 59.9 Å². The number of fused-ring (bicyclic) bond motifs is 2. The highest BCUT2D eigenvalue weighted by atomic mass is 35.5. The fourth-order valence-electron chi connectivity index (χ4n) is 3.35. The number of ether oxygens (including phenoxy) is 1. The van der Waals surface area contributed by atoms with Gasteiger partial charge in [-0.3, -0.25) is 4.79 Å². The molecular formula is C22H20ClN3O2. The molecule has 0 amide bonds. The molecule has 0 spiro atoms. The van der Waals surface area contributed by atoms with E-state index in [1.165, 1.54) is 0 Å². The van der Waals surface area contributed by atoms with Crippen LogP contribution in [0.2, 0.25) is 5.15 Å². The number of benzene rings is 2. The standard InChI is InChI=1S/C22H20ClN3O2/c1-22(2,3)28-19(27)13-26-12-17(14-8-6-7-11-18(14)26)20-15-9-4-5-10-16(15)21(23)25-24-20/h4-12H,13H2,1-3H3. The third kappa shape index (κ3) is 3.45. The van der Waals surface area contributed by atoms with Gasteiger partial charge in [-0.1, -0.05) is 54.1 Å². The van der Waals surface area contributed by atoms with Gasteiger partial charge >= 0.3 is 5.97 Å². The second kappa shape index (κ2) is 6.91. The molecule has 2 aromatic carbocycles. The summed E-state index contributed by atoms with van der Waals surface area (Å²) < 4.78 is 7.38. The number of esters is 1. The molecule has 28 heavy (non-hydrogen) atoms. The summed E-state index contributed by atoms with van der Waals surface area (Å²) in [6, 6.07) is 15.7. The van der Waals surface area contributed by atoms with Crippen LogP contribution >= 0.6 is 11.6 Å².